The van der Waals surface area contributed by atoms with Crippen LogP contribution in [0.5, 0.6) is 11.5 Å². The van der Waals surface area contributed by atoms with Crippen LogP contribution in [0.25, 0.3) is 10.9 Å². The van der Waals surface area contributed by atoms with Crippen LogP contribution in [0.15, 0.2) is 73.1 Å². The molecule has 0 spiro atoms. The number of nitriles is 1. The van der Waals surface area contributed by atoms with Crippen LogP contribution in [0.3, 0.4) is 0 Å². The van der Waals surface area contributed by atoms with Crippen molar-refractivity contribution in [1.82, 2.24) is 14.9 Å². The van der Waals surface area contributed by atoms with Crippen molar-refractivity contribution in [1.29, 1.82) is 5.26 Å². The first kappa shape index (κ1) is 26.9. The molecular formula is C30H27ClN6O3. The zero-order valence-corrected chi connectivity index (χ0v) is 22.5. The normalized spacial score (nSPS) is 15.3. The van der Waals surface area contributed by atoms with E-state index in [1.165, 1.54) is 18.3 Å². The molecule has 0 saturated carbocycles. The second-order valence-electron chi connectivity index (χ2n) is 9.46. The number of halogens is 1. The van der Waals surface area contributed by atoms with E-state index in [9.17, 15) is 15.2 Å². The Balaban J connectivity index is 1.38. The summed E-state index contributed by atoms with van der Waals surface area (Å²) in [6.07, 6.45) is 8.57. The van der Waals surface area contributed by atoms with E-state index in [2.05, 4.69) is 31.6 Å². The van der Waals surface area contributed by atoms with E-state index in [1.807, 2.05) is 31.3 Å². The van der Waals surface area contributed by atoms with Crippen LogP contribution in [0.2, 0.25) is 5.02 Å². The van der Waals surface area contributed by atoms with Crippen molar-refractivity contribution in [3.63, 3.8) is 0 Å². The van der Waals surface area contributed by atoms with Crippen LogP contribution in [-0.2, 0) is 11.4 Å². The maximum Gasteiger partial charge on any atom is 0.248 e. The Morgan fingerprint density at radius 3 is 2.88 bits per heavy atom. The molecule has 202 valence electrons. The van der Waals surface area contributed by atoms with E-state index in [0.29, 0.717) is 33.0 Å². The fraction of sp³-hybridized carbons (Fsp3) is 0.200. The Kier molecular flexibility index (Phi) is 8.10. The molecule has 1 atom stereocenters. The highest BCUT2D eigenvalue weighted by atomic mass is 35.5. The quantitative estimate of drug-likeness (QED) is 0.185. The number of hydrogen-bond donors (Lipinski definition) is 3. The molecule has 1 aliphatic heterocycles. The number of nitrogens with one attached hydrogen (secondary N) is 2. The SMILES string of the molecule is CN1CCC[C@H]1/C=C/C(=O)Nc1cc2c(Nc3ccc(OCc4ccccn4)c(Cl)c3)c(C#N)cnc2cc1O. The zero-order valence-electron chi connectivity index (χ0n) is 21.8. The maximum atomic E-state index is 12.6. The number of aromatic hydroxyl groups is 1. The standard InChI is InChI=1S/C30H27ClN6O3/c1-37-12-4-6-22(37)8-10-29(39)36-26-14-23-25(15-27(26)38)34-17-19(16-32)30(23)35-20-7-9-28(24(31)13-20)40-18-21-5-2-3-11-33-21/h2-3,5,7-11,13-15,17,22,38H,4,6,12,18H2,1H3,(H,34,35)(H,36,39)/b10-8+/t22-/m0/s1. The molecule has 1 fully saturated rings. The number of carbonyl (C=O) groups excluding carboxylic acids is 1. The molecule has 5 rings (SSSR count). The summed E-state index contributed by atoms with van der Waals surface area (Å²) in [4.78, 5) is 23.4. The van der Waals surface area contributed by atoms with Crippen LogP contribution in [0.4, 0.5) is 17.1 Å². The van der Waals surface area contributed by atoms with Gasteiger partial charge in [-0.3, -0.25) is 19.7 Å². The molecule has 40 heavy (non-hydrogen) atoms. The minimum Gasteiger partial charge on any atom is -0.506 e. The molecule has 3 N–H and O–H groups in total. The van der Waals surface area contributed by atoms with Gasteiger partial charge in [-0.2, -0.15) is 5.26 Å². The van der Waals surface area contributed by atoms with Gasteiger partial charge in [-0.05, 0) is 62.8 Å². The number of hydrogen-bond acceptors (Lipinski definition) is 8. The van der Waals surface area contributed by atoms with Gasteiger partial charge < -0.3 is 20.5 Å². The number of likely N-dealkylation sites (tertiary alicyclic amines) is 1. The highest BCUT2D eigenvalue weighted by Crippen LogP contribution is 2.37. The Morgan fingerprint density at radius 2 is 2.15 bits per heavy atom. The van der Waals surface area contributed by atoms with Gasteiger partial charge in [0.1, 0.15) is 24.2 Å². The third kappa shape index (κ3) is 6.15. The molecular weight excluding hydrogens is 528 g/mol. The van der Waals surface area contributed by atoms with E-state index < -0.39 is 0 Å². The lowest BCUT2D eigenvalue weighted by atomic mass is 10.1. The largest absolute Gasteiger partial charge is 0.506 e. The van der Waals surface area contributed by atoms with Crippen LogP contribution >= 0.6 is 11.6 Å². The smallest absolute Gasteiger partial charge is 0.248 e. The van der Waals surface area contributed by atoms with Crippen molar-refractivity contribution >= 4 is 45.5 Å². The monoisotopic (exact) mass is 554 g/mol. The van der Waals surface area contributed by atoms with Gasteiger partial charge in [0.2, 0.25) is 5.91 Å². The predicted octanol–water partition coefficient (Wildman–Crippen LogP) is 5.77. The molecule has 9 nitrogen and oxygen atoms in total. The van der Waals surface area contributed by atoms with Crippen LogP contribution in [0.1, 0.15) is 24.1 Å². The Bertz CT molecular complexity index is 1620. The number of likely N-dealkylation sites (N-methyl/N-ethyl adjacent to an activating group) is 1. The number of ether oxygens (including phenoxy) is 1. The average Bonchev–Trinajstić information content (AvgIpc) is 3.37. The van der Waals surface area contributed by atoms with Crippen molar-refractivity contribution in [3.8, 4) is 17.6 Å². The minimum atomic E-state index is -0.359. The molecule has 1 aliphatic rings. The fourth-order valence-electron chi connectivity index (χ4n) is 4.57. The third-order valence-corrected chi connectivity index (χ3v) is 7.01. The van der Waals surface area contributed by atoms with Gasteiger partial charge in [-0.1, -0.05) is 23.7 Å². The van der Waals surface area contributed by atoms with Crippen molar-refractivity contribution in [3.05, 3.63) is 89.4 Å². The number of amides is 1. The first-order valence-electron chi connectivity index (χ1n) is 12.8. The fourth-order valence-corrected chi connectivity index (χ4v) is 4.81. The molecule has 0 unspecified atom stereocenters. The highest BCUT2D eigenvalue weighted by molar-refractivity contribution is 6.32. The number of pyridine rings is 2. The lowest BCUT2D eigenvalue weighted by Crippen LogP contribution is -2.23. The summed E-state index contributed by atoms with van der Waals surface area (Å²) in [6.45, 7) is 1.27. The number of carbonyl (C=O) groups is 1. The van der Waals surface area contributed by atoms with Crippen molar-refractivity contribution in [2.45, 2.75) is 25.5 Å². The number of rotatable bonds is 8. The van der Waals surface area contributed by atoms with Crippen molar-refractivity contribution in [2.75, 3.05) is 24.2 Å². The first-order chi connectivity index (χ1) is 19.4. The summed E-state index contributed by atoms with van der Waals surface area (Å²) >= 11 is 6.49. The predicted molar refractivity (Wildman–Crippen MR) is 155 cm³/mol. The van der Waals surface area contributed by atoms with Gasteiger partial charge in [0.05, 0.1) is 33.2 Å². The second kappa shape index (κ2) is 12.0. The lowest BCUT2D eigenvalue weighted by molar-refractivity contribution is -0.112. The lowest BCUT2D eigenvalue weighted by Gasteiger charge is -2.15. The Labute approximate surface area is 236 Å². The van der Waals surface area contributed by atoms with E-state index in [1.54, 1.807) is 30.5 Å². The molecule has 4 aromatic rings. The Hall–Kier alpha value is -4.65. The van der Waals surface area contributed by atoms with Gasteiger partial charge in [0.25, 0.3) is 0 Å². The molecule has 0 aliphatic carbocycles. The topological polar surface area (TPSA) is 123 Å². The molecule has 2 aromatic carbocycles. The number of aromatic nitrogens is 2. The van der Waals surface area contributed by atoms with E-state index in [4.69, 9.17) is 16.3 Å². The van der Waals surface area contributed by atoms with Gasteiger partial charge in [-0.25, -0.2) is 0 Å². The van der Waals surface area contributed by atoms with E-state index >= 15 is 0 Å². The van der Waals surface area contributed by atoms with Crippen molar-refractivity contribution in [2.24, 2.45) is 0 Å². The van der Waals surface area contributed by atoms with Gasteiger partial charge in [-0.15, -0.1) is 0 Å². The Morgan fingerprint density at radius 1 is 1.27 bits per heavy atom. The molecule has 0 bridgehead atoms. The van der Waals surface area contributed by atoms with Crippen LogP contribution < -0.4 is 15.4 Å². The number of phenols is 1. The molecule has 2 aromatic heterocycles. The summed E-state index contributed by atoms with van der Waals surface area (Å²) < 4.78 is 5.81. The van der Waals surface area contributed by atoms with Gasteiger partial charge >= 0.3 is 0 Å². The third-order valence-electron chi connectivity index (χ3n) is 6.71. The summed E-state index contributed by atoms with van der Waals surface area (Å²) in [6, 6.07) is 16.2. The zero-order chi connectivity index (χ0) is 28.1. The molecule has 3 heterocycles. The second-order valence-corrected chi connectivity index (χ2v) is 9.87. The minimum absolute atomic E-state index is 0.132. The number of anilines is 3. The molecule has 10 heteroatoms. The average molecular weight is 555 g/mol. The van der Waals surface area contributed by atoms with Crippen molar-refractivity contribution < 1.29 is 14.6 Å². The van der Waals surface area contributed by atoms with Crippen LogP contribution in [-0.4, -0.2) is 45.5 Å². The van der Waals surface area contributed by atoms with Gasteiger partial charge in [0.15, 0.2) is 0 Å². The molecule has 1 saturated heterocycles. The van der Waals surface area contributed by atoms with E-state index in [0.717, 1.165) is 25.1 Å². The number of phenolic OH excluding ortho intramolecular Hbond substituents is 1. The summed E-state index contributed by atoms with van der Waals surface area (Å²) in [5, 5.41) is 27.3. The number of fused-ring (bicyclic) bond motifs is 1. The van der Waals surface area contributed by atoms with Gasteiger partial charge in [0, 0.05) is 41.7 Å². The van der Waals surface area contributed by atoms with E-state index in [-0.39, 0.29) is 35.6 Å². The van der Waals surface area contributed by atoms with Crippen LogP contribution in [0, 0.1) is 11.3 Å². The molecule has 0 radical (unpaired) electrons. The highest BCUT2D eigenvalue weighted by Gasteiger charge is 2.19. The molecule has 1 amide bonds. The summed E-state index contributed by atoms with van der Waals surface area (Å²) in [5.74, 6) is -0.000454. The summed E-state index contributed by atoms with van der Waals surface area (Å²) in [5.41, 5.74) is 2.78. The summed E-state index contributed by atoms with van der Waals surface area (Å²) in [7, 11) is 2.03. The maximum absolute atomic E-state index is 12.6. The number of nitrogens with zero attached hydrogens (tertiary/aromatic N) is 4. The first-order valence-corrected chi connectivity index (χ1v) is 13.1. The number of benzene rings is 2.